The Kier molecular flexibility index (Phi) is 3.18. The van der Waals surface area contributed by atoms with Crippen LogP contribution in [0.3, 0.4) is 0 Å². The molecule has 0 aliphatic rings. The lowest BCUT2D eigenvalue weighted by atomic mass is 10.0. The fourth-order valence-electron chi connectivity index (χ4n) is 1.21. The Morgan fingerprint density at radius 3 is 2.64 bits per heavy atom. The minimum absolute atomic E-state index is 0.337. The second-order valence-electron chi connectivity index (χ2n) is 3.31. The van der Waals surface area contributed by atoms with Crippen LogP contribution in [0.5, 0.6) is 0 Å². The molecule has 0 saturated carbocycles. The van der Waals surface area contributed by atoms with E-state index >= 15 is 0 Å². The summed E-state index contributed by atoms with van der Waals surface area (Å²) >= 11 is 0. The molecule has 78 valence electrons. The van der Waals surface area contributed by atoms with E-state index in [0.717, 1.165) is 5.56 Å². The van der Waals surface area contributed by atoms with Crippen LogP contribution >= 0.6 is 0 Å². The number of alkyl halides is 2. The van der Waals surface area contributed by atoms with Crippen molar-refractivity contribution in [2.45, 2.75) is 18.9 Å². The predicted molar refractivity (Wildman–Crippen MR) is 50.1 cm³/mol. The molecule has 0 aromatic heterocycles. The van der Waals surface area contributed by atoms with Crippen molar-refractivity contribution in [1.29, 1.82) is 0 Å². The lowest BCUT2D eigenvalue weighted by Gasteiger charge is -2.21. The Labute approximate surface area is 81.4 Å². The minimum Gasteiger partial charge on any atom is -0.390 e. The first-order valence-electron chi connectivity index (χ1n) is 4.28. The van der Waals surface area contributed by atoms with Gasteiger partial charge in [0.2, 0.25) is 0 Å². The van der Waals surface area contributed by atoms with Gasteiger partial charge in [0, 0.05) is 0 Å². The molecule has 0 unspecified atom stereocenters. The summed E-state index contributed by atoms with van der Waals surface area (Å²) in [5.74, 6) is -3.27. The molecule has 3 N–H and O–H groups in total. The van der Waals surface area contributed by atoms with E-state index in [4.69, 9.17) is 10.8 Å². The highest BCUT2D eigenvalue weighted by molar-refractivity contribution is 5.26. The van der Waals surface area contributed by atoms with Gasteiger partial charge >= 0.3 is 0 Å². The summed E-state index contributed by atoms with van der Waals surface area (Å²) in [6, 6.07) is 5.13. The number of nitrogens with two attached hydrogens (primary N) is 1. The van der Waals surface area contributed by atoms with Crippen LogP contribution < -0.4 is 5.73 Å². The van der Waals surface area contributed by atoms with Gasteiger partial charge in [0.1, 0.15) is 6.61 Å². The number of aliphatic hydroxyl groups excluding tert-OH is 1. The summed E-state index contributed by atoms with van der Waals surface area (Å²) < 4.78 is 26.0. The van der Waals surface area contributed by atoms with E-state index in [2.05, 4.69) is 0 Å². The highest BCUT2D eigenvalue weighted by atomic mass is 19.3. The summed E-state index contributed by atoms with van der Waals surface area (Å²) in [6.45, 7) is 0.565. The van der Waals surface area contributed by atoms with Crippen LogP contribution in [0.4, 0.5) is 8.78 Å². The fraction of sp³-hybridized carbons (Fsp3) is 0.400. The molecular weight excluding hydrogens is 188 g/mol. The zero-order chi connectivity index (χ0) is 10.8. The summed E-state index contributed by atoms with van der Waals surface area (Å²) in [5, 5.41) is 8.47. The summed E-state index contributed by atoms with van der Waals surface area (Å²) in [4.78, 5) is 0. The largest absolute Gasteiger partial charge is 0.390 e. The number of hydrogen-bond acceptors (Lipinski definition) is 2. The Bertz CT molecular complexity index is 315. The molecule has 1 rings (SSSR count). The second-order valence-corrected chi connectivity index (χ2v) is 3.31. The van der Waals surface area contributed by atoms with Gasteiger partial charge in [0.05, 0.1) is 6.04 Å². The molecule has 0 spiro atoms. The molecule has 4 heteroatoms. The SMILES string of the molecule is Cc1cccc([C@H](N)C(F)(F)CO)c1. The van der Waals surface area contributed by atoms with Gasteiger partial charge in [-0.2, -0.15) is 0 Å². The van der Waals surface area contributed by atoms with Crippen LogP contribution in [0.25, 0.3) is 0 Å². The van der Waals surface area contributed by atoms with Crippen molar-refractivity contribution in [3.8, 4) is 0 Å². The van der Waals surface area contributed by atoms with E-state index in [1.165, 1.54) is 6.07 Å². The van der Waals surface area contributed by atoms with Gasteiger partial charge in [-0.3, -0.25) is 0 Å². The number of aliphatic hydroxyl groups is 1. The standard InChI is InChI=1S/C10H13F2NO/c1-7-3-2-4-8(5-7)9(13)10(11,12)6-14/h2-5,9,14H,6,13H2,1H3/t9-/m0/s1. The Morgan fingerprint density at radius 2 is 2.14 bits per heavy atom. The van der Waals surface area contributed by atoms with Crippen molar-refractivity contribution >= 4 is 0 Å². The van der Waals surface area contributed by atoms with Crippen LogP contribution in [0, 0.1) is 6.92 Å². The highest BCUT2D eigenvalue weighted by Crippen LogP contribution is 2.28. The molecule has 14 heavy (non-hydrogen) atoms. The van der Waals surface area contributed by atoms with Gasteiger partial charge < -0.3 is 10.8 Å². The Balaban J connectivity index is 2.94. The molecule has 1 aromatic rings. The van der Waals surface area contributed by atoms with Crippen LogP contribution in [-0.4, -0.2) is 17.6 Å². The molecule has 0 amide bonds. The number of aryl methyl sites for hydroxylation is 1. The number of benzene rings is 1. The smallest absolute Gasteiger partial charge is 0.289 e. The maximum absolute atomic E-state index is 13.0. The van der Waals surface area contributed by atoms with Crippen LogP contribution in [0.15, 0.2) is 24.3 Å². The van der Waals surface area contributed by atoms with Crippen LogP contribution in [0.1, 0.15) is 17.2 Å². The van der Waals surface area contributed by atoms with Crippen molar-refractivity contribution in [3.05, 3.63) is 35.4 Å². The molecule has 0 aliphatic heterocycles. The van der Waals surface area contributed by atoms with Crippen LogP contribution in [-0.2, 0) is 0 Å². The quantitative estimate of drug-likeness (QED) is 0.780. The van der Waals surface area contributed by atoms with E-state index in [0.29, 0.717) is 5.56 Å². The molecule has 0 bridgehead atoms. The fourth-order valence-corrected chi connectivity index (χ4v) is 1.21. The van der Waals surface area contributed by atoms with Crippen molar-refractivity contribution in [2.75, 3.05) is 6.61 Å². The average Bonchev–Trinajstić information content (AvgIpc) is 2.16. The van der Waals surface area contributed by atoms with E-state index < -0.39 is 18.6 Å². The van der Waals surface area contributed by atoms with Gasteiger partial charge in [-0.25, -0.2) is 8.78 Å². The van der Waals surface area contributed by atoms with Gasteiger partial charge in [0.15, 0.2) is 0 Å². The Morgan fingerprint density at radius 1 is 1.50 bits per heavy atom. The van der Waals surface area contributed by atoms with Crippen molar-refractivity contribution in [2.24, 2.45) is 5.73 Å². The average molecular weight is 201 g/mol. The number of halogens is 2. The number of hydrogen-bond donors (Lipinski definition) is 2. The van der Waals surface area contributed by atoms with Gasteiger partial charge in [-0.05, 0) is 12.5 Å². The highest BCUT2D eigenvalue weighted by Gasteiger charge is 2.37. The van der Waals surface area contributed by atoms with Gasteiger partial charge in [-0.15, -0.1) is 0 Å². The molecule has 0 saturated heterocycles. The lowest BCUT2D eigenvalue weighted by Crippen LogP contribution is -2.36. The van der Waals surface area contributed by atoms with Crippen molar-refractivity contribution in [3.63, 3.8) is 0 Å². The third-order valence-corrected chi connectivity index (χ3v) is 2.07. The summed E-state index contributed by atoms with van der Waals surface area (Å²) in [7, 11) is 0. The zero-order valence-electron chi connectivity index (χ0n) is 7.87. The van der Waals surface area contributed by atoms with Crippen molar-refractivity contribution in [1.82, 2.24) is 0 Å². The minimum atomic E-state index is -3.27. The van der Waals surface area contributed by atoms with Crippen LogP contribution in [0.2, 0.25) is 0 Å². The zero-order valence-corrected chi connectivity index (χ0v) is 7.87. The molecule has 0 aliphatic carbocycles. The lowest BCUT2D eigenvalue weighted by molar-refractivity contribution is -0.0711. The monoisotopic (exact) mass is 201 g/mol. The molecule has 1 aromatic carbocycles. The molecule has 1 atom stereocenters. The molecule has 0 heterocycles. The molecular formula is C10H13F2NO. The Hall–Kier alpha value is -1.00. The first-order chi connectivity index (χ1) is 6.47. The maximum Gasteiger partial charge on any atom is 0.289 e. The first kappa shape index (κ1) is 11.1. The van der Waals surface area contributed by atoms with Gasteiger partial charge in [-0.1, -0.05) is 29.8 Å². The van der Waals surface area contributed by atoms with E-state index in [1.54, 1.807) is 25.1 Å². The maximum atomic E-state index is 13.0. The molecule has 0 radical (unpaired) electrons. The van der Waals surface area contributed by atoms with Crippen molar-refractivity contribution < 1.29 is 13.9 Å². The summed E-state index contributed by atoms with van der Waals surface area (Å²) in [6.07, 6.45) is 0. The number of rotatable bonds is 3. The topological polar surface area (TPSA) is 46.2 Å². The first-order valence-corrected chi connectivity index (χ1v) is 4.28. The van der Waals surface area contributed by atoms with E-state index in [1.807, 2.05) is 0 Å². The van der Waals surface area contributed by atoms with E-state index in [-0.39, 0.29) is 0 Å². The van der Waals surface area contributed by atoms with Gasteiger partial charge in [0.25, 0.3) is 5.92 Å². The van der Waals surface area contributed by atoms with E-state index in [9.17, 15) is 8.78 Å². The molecule has 2 nitrogen and oxygen atoms in total. The summed E-state index contributed by atoms with van der Waals surface area (Å²) in [5.41, 5.74) is 6.55. The predicted octanol–water partition coefficient (Wildman–Crippen LogP) is 1.62. The normalized spacial score (nSPS) is 14.1. The second kappa shape index (κ2) is 4.02. The molecule has 0 fully saturated rings. The third kappa shape index (κ3) is 2.27. The third-order valence-electron chi connectivity index (χ3n) is 2.07.